The Morgan fingerprint density at radius 2 is 2.06 bits per heavy atom. The third kappa shape index (κ3) is 4.69. The maximum Gasteiger partial charge on any atom is 0.414 e. The number of ether oxygens (including phenoxy) is 4. The summed E-state index contributed by atoms with van der Waals surface area (Å²) in [5, 5.41) is 10.9. The van der Waals surface area contributed by atoms with Crippen LogP contribution in [0.4, 0.5) is 10.5 Å². The van der Waals surface area contributed by atoms with Gasteiger partial charge in [-0.1, -0.05) is 12.1 Å². The summed E-state index contributed by atoms with van der Waals surface area (Å²) in [4.78, 5) is 36.9. The smallest absolute Gasteiger partial charge is 0.414 e. The van der Waals surface area contributed by atoms with Gasteiger partial charge in [-0.2, -0.15) is 0 Å². The van der Waals surface area contributed by atoms with Gasteiger partial charge in [0.1, 0.15) is 19.3 Å². The number of cyclic esters (lactones) is 1. The fraction of sp³-hybridized carbons (Fsp3) is 0.360. The number of aromatic nitrogens is 2. The summed E-state index contributed by atoms with van der Waals surface area (Å²) in [5.41, 5.74) is 2.26. The summed E-state index contributed by atoms with van der Waals surface area (Å²) in [6.45, 7) is 1.17. The molecule has 1 aromatic heterocycles. The van der Waals surface area contributed by atoms with Crippen LogP contribution in [0.1, 0.15) is 18.1 Å². The van der Waals surface area contributed by atoms with Crippen LogP contribution in [0.15, 0.2) is 42.6 Å². The van der Waals surface area contributed by atoms with E-state index in [-0.39, 0.29) is 25.4 Å². The van der Waals surface area contributed by atoms with Gasteiger partial charge in [-0.05, 0) is 18.2 Å². The van der Waals surface area contributed by atoms with Gasteiger partial charge < -0.3 is 29.0 Å². The zero-order valence-electron chi connectivity index (χ0n) is 19.9. The average molecular weight is 495 g/mol. The number of aliphatic hydroxyl groups is 1. The first kappa shape index (κ1) is 23.6. The van der Waals surface area contributed by atoms with E-state index in [1.165, 1.54) is 23.1 Å². The molecule has 1 fully saturated rings. The summed E-state index contributed by atoms with van der Waals surface area (Å²) >= 11 is 0. The molecule has 1 saturated heterocycles. The lowest BCUT2D eigenvalue weighted by molar-refractivity contribution is -0.132. The number of rotatable bonds is 7. The molecule has 188 valence electrons. The molecule has 0 unspecified atom stereocenters. The highest BCUT2D eigenvalue weighted by Crippen LogP contribution is 2.35. The van der Waals surface area contributed by atoms with Crippen LogP contribution in [0.5, 0.6) is 17.4 Å². The Balaban J connectivity index is 1.22. The molecule has 2 amide bonds. The second-order valence-corrected chi connectivity index (χ2v) is 8.57. The van der Waals surface area contributed by atoms with Crippen LogP contribution in [-0.4, -0.2) is 78.5 Å². The van der Waals surface area contributed by atoms with Gasteiger partial charge in [0.15, 0.2) is 11.5 Å². The summed E-state index contributed by atoms with van der Waals surface area (Å²) in [6, 6.07) is 10.5. The lowest BCUT2D eigenvalue weighted by atomic mass is 10.1. The predicted octanol–water partition coefficient (Wildman–Crippen LogP) is 2.32. The van der Waals surface area contributed by atoms with Crippen LogP contribution in [0, 0.1) is 0 Å². The van der Waals surface area contributed by atoms with Crippen molar-refractivity contribution in [1.29, 1.82) is 0 Å². The number of likely N-dealkylation sites (N-methyl/N-ethyl adjacent to an activating group) is 1. The van der Waals surface area contributed by atoms with Crippen LogP contribution >= 0.6 is 0 Å². The van der Waals surface area contributed by atoms with Crippen molar-refractivity contribution in [2.75, 3.05) is 45.4 Å². The number of carbonyl (C=O) groups is 2. The van der Waals surface area contributed by atoms with Gasteiger partial charge in [-0.15, -0.1) is 0 Å². The van der Waals surface area contributed by atoms with E-state index in [0.29, 0.717) is 52.9 Å². The molecule has 11 nitrogen and oxygen atoms in total. The van der Waals surface area contributed by atoms with E-state index in [0.717, 1.165) is 0 Å². The minimum atomic E-state index is -0.996. The Morgan fingerprint density at radius 1 is 1.25 bits per heavy atom. The van der Waals surface area contributed by atoms with Crippen molar-refractivity contribution in [2.45, 2.75) is 18.6 Å². The zero-order valence-corrected chi connectivity index (χ0v) is 19.9. The van der Waals surface area contributed by atoms with Crippen LogP contribution in [0.25, 0.3) is 11.0 Å². The molecule has 0 radical (unpaired) electrons. The molecule has 2 aliphatic rings. The molecule has 2 atom stereocenters. The highest BCUT2D eigenvalue weighted by Gasteiger charge is 2.35. The quantitative estimate of drug-likeness (QED) is 0.527. The van der Waals surface area contributed by atoms with E-state index < -0.39 is 18.3 Å². The molecule has 0 aliphatic carbocycles. The second-order valence-electron chi connectivity index (χ2n) is 8.57. The number of fused-ring (bicyclic) bond motifs is 2. The van der Waals surface area contributed by atoms with Crippen molar-refractivity contribution in [1.82, 2.24) is 14.9 Å². The number of methoxy groups -OCH3 is 1. The molecule has 2 aromatic carbocycles. The van der Waals surface area contributed by atoms with Gasteiger partial charge in [0.25, 0.3) is 0 Å². The standard InChI is InChI=1S/C25H26N4O7/c1-28(14-19(30)17-4-3-5-18-24(17)27-22(33-2)12-26-18)23(31)11-16-13-29(25(32)36-16)15-6-7-20-21(10-15)35-9-8-34-20/h3-7,10,12,16,19,30H,8-9,11,13-14H2,1-2H3/t16-,19+/m1/s1. The first-order valence-electron chi connectivity index (χ1n) is 11.5. The fourth-order valence-electron chi connectivity index (χ4n) is 4.25. The van der Waals surface area contributed by atoms with Crippen molar-refractivity contribution < 1.29 is 33.6 Å². The minimum Gasteiger partial charge on any atom is -0.486 e. The molecular formula is C25H26N4O7. The number of aliphatic hydroxyl groups excluding tert-OH is 1. The normalized spacial score (nSPS) is 17.6. The van der Waals surface area contributed by atoms with E-state index in [9.17, 15) is 14.7 Å². The Kier molecular flexibility index (Phi) is 6.47. The van der Waals surface area contributed by atoms with Crippen molar-refractivity contribution >= 4 is 28.7 Å². The highest BCUT2D eigenvalue weighted by molar-refractivity contribution is 5.91. The molecule has 11 heteroatoms. The highest BCUT2D eigenvalue weighted by atomic mass is 16.6. The van der Waals surface area contributed by atoms with E-state index in [4.69, 9.17) is 18.9 Å². The van der Waals surface area contributed by atoms with Gasteiger partial charge in [-0.3, -0.25) is 9.69 Å². The third-order valence-electron chi connectivity index (χ3n) is 6.14. The van der Waals surface area contributed by atoms with Crippen molar-refractivity contribution in [3.63, 3.8) is 0 Å². The molecule has 2 aliphatic heterocycles. The number of anilines is 1. The lowest BCUT2D eigenvalue weighted by Crippen LogP contribution is -2.34. The molecule has 3 heterocycles. The molecule has 36 heavy (non-hydrogen) atoms. The topological polar surface area (TPSA) is 124 Å². The van der Waals surface area contributed by atoms with E-state index in [1.807, 2.05) is 0 Å². The average Bonchev–Trinajstić information content (AvgIpc) is 3.27. The first-order chi connectivity index (χ1) is 17.4. The molecule has 1 N–H and O–H groups in total. The van der Waals surface area contributed by atoms with Crippen LogP contribution in [0.2, 0.25) is 0 Å². The van der Waals surface area contributed by atoms with Crippen LogP contribution < -0.4 is 19.1 Å². The van der Waals surface area contributed by atoms with Crippen molar-refractivity contribution in [2.24, 2.45) is 0 Å². The van der Waals surface area contributed by atoms with Gasteiger partial charge in [0.05, 0.1) is 55.6 Å². The summed E-state index contributed by atoms with van der Waals surface area (Å²) in [5.74, 6) is 1.26. The summed E-state index contributed by atoms with van der Waals surface area (Å²) < 4.78 is 21.7. The zero-order chi connectivity index (χ0) is 25.2. The number of benzene rings is 2. The Morgan fingerprint density at radius 3 is 2.86 bits per heavy atom. The Hall–Kier alpha value is -4.12. The number of hydrogen-bond acceptors (Lipinski definition) is 9. The number of amides is 2. The summed E-state index contributed by atoms with van der Waals surface area (Å²) in [7, 11) is 3.09. The first-order valence-corrected chi connectivity index (χ1v) is 11.5. The SMILES string of the molecule is COc1cnc2cccc([C@@H](O)CN(C)C(=O)C[C@@H]3CN(c4ccc5c(c4)OCCO5)C(=O)O3)c2n1. The maximum absolute atomic E-state index is 12.9. The molecule has 0 saturated carbocycles. The van der Waals surface area contributed by atoms with Gasteiger partial charge >= 0.3 is 6.09 Å². The fourth-order valence-corrected chi connectivity index (χ4v) is 4.25. The molecule has 0 bridgehead atoms. The second kappa shape index (κ2) is 9.86. The van der Waals surface area contributed by atoms with Gasteiger partial charge in [-0.25, -0.2) is 14.8 Å². The summed E-state index contributed by atoms with van der Waals surface area (Å²) in [6.07, 6.45) is -0.657. The lowest BCUT2D eigenvalue weighted by Gasteiger charge is -2.23. The maximum atomic E-state index is 12.9. The number of carbonyl (C=O) groups excluding carboxylic acids is 2. The van der Waals surface area contributed by atoms with Crippen LogP contribution in [0.3, 0.4) is 0 Å². The Labute approximate surface area is 207 Å². The van der Waals surface area contributed by atoms with Crippen molar-refractivity contribution in [3.05, 3.63) is 48.2 Å². The van der Waals surface area contributed by atoms with E-state index in [2.05, 4.69) is 9.97 Å². The Bertz CT molecular complexity index is 1300. The molecular weight excluding hydrogens is 468 g/mol. The number of nitrogens with zero attached hydrogens (tertiary/aromatic N) is 4. The largest absolute Gasteiger partial charge is 0.486 e. The van der Waals surface area contributed by atoms with Crippen molar-refractivity contribution in [3.8, 4) is 17.4 Å². The third-order valence-corrected chi connectivity index (χ3v) is 6.14. The van der Waals surface area contributed by atoms with Gasteiger partial charge in [0, 0.05) is 18.7 Å². The predicted molar refractivity (Wildman–Crippen MR) is 128 cm³/mol. The van der Waals surface area contributed by atoms with E-state index in [1.54, 1.807) is 43.4 Å². The van der Waals surface area contributed by atoms with E-state index >= 15 is 0 Å². The minimum absolute atomic E-state index is 0.0147. The molecule has 3 aromatic rings. The van der Waals surface area contributed by atoms with Gasteiger partial charge in [0.2, 0.25) is 11.8 Å². The number of hydrogen-bond donors (Lipinski definition) is 1. The number of para-hydroxylation sites is 1. The van der Waals surface area contributed by atoms with Crippen LogP contribution in [-0.2, 0) is 9.53 Å². The monoisotopic (exact) mass is 494 g/mol. The molecule has 0 spiro atoms. The molecule has 5 rings (SSSR count).